The van der Waals surface area contributed by atoms with Gasteiger partial charge in [0.05, 0.1) is 35.0 Å². The highest BCUT2D eigenvalue weighted by Crippen LogP contribution is 2.43. The highest BCUT2D eigenvalue weighted by molar-refractivity contribution is 5.78. The van der Waals surface area contributed by atoms with Crippen molar-refractivity contribution in [1.82, 2.24) is 29.7 Å². The zero-order chi connectivity index (χ0) is 34.5. The molecule has 0 bridgehead atoms. The van der Waals surface area contributed by atoms with Crippen LogP contribution in [0.25, 0.3) is 22.3 Å². The molecule has 2 N–H and O–H groups in total. The maximum atomic E-state index is 13.2. The van der Waals surface area contributed by atoms with Crippen molar-refractivity contribution in [3.05, 3.63) is 82.6 Å². The zero-order valence-corrected chi connectivity index (χ0v) is 29.1. The van der Waals surface area contributed by atoms with Gasteiger partial charge in [0, 0.05) is 24.2 Å². The van der Waals surface area contributed by atoms with E-state index in [1.54, 1.807) is 4.90 Å². The van der Waals surface area contributed by atoms with Gasteiger partial charge in [0.15, 0.2) is 0 Å². The van der Waals surface area contributed by atoms with Gasteiger partial charge in [-0.3, -0.25) is 9.80 Å². The van der Waals surface area contributed by atoms with Crippen LogP contribution in [0, 0.1) is 11.8 Å². The molecule has 2 aromatic heterocycles. The Morgan fingerprint density at radius 2 is 1.49 bits per heavy atom. The maximum Gasteiger partial charge on any atom is 0.411 e. The largest absolute Gasteiger partial charge is 0.444 e. The number of carbonyl (C=O) groups is 2. The molecule has 0 unspecified atom stereocenters. The first-order valence-corrected chi connectivity index (χ1v) is 17.2. The molecule has 0 spiro atoms. The second-order valence-corrected chi connectivity index (χ2v) is 15.2. The molecule has 2 saturated heterocycles. The van der Waals surface area contributed by atoms with Crippen LogP contribution in [-0.2, 0) is 9.47 Å². The summed E-state index contributed by atoms with van der Waals surface area (Å²) >= 11 is 0. The van der Waals surface area contributed by atoms with E-state index in [1.807, 2.05) is 95.1 Å². The van der Waals surface area contributed by atoms with Crippen molar-refractivity contribution in [3.8, 4) is 23.1 Å². The molecular weight excluding hydrogens is 616 g/mol. The van der Waals surface area contributed by atoms with E-state index in [-0.39, 0.29) is 24.3 Å². The van der Waals surface area contributed by atoms with Crippen molar-refractivity contribution in [1.29, 1.82) is 0 Å². The maximum absolute atomic E-state index is 13.2. The van der Waals surface area contributed by atoms with Gasteiger partial charge in [-0.1, -0.05) is 29.5 Å². The molecule has 1 aliphatic carbocycles. The van der Waals surface area contributed by atoms with Gasteiger partial charge in [0.1, 0.15) is 22.9 Å². The first-order chi connectivity index (χ1) is 23.3. The fraction of sp³-hybridized carbons (Fsp3) is 0.436. The van der Waals surface area contributed by atoms with Gasteiger partial charge in [0.2, 0.25) is 0 Å². The normalized spacial score (nSPS) is 19.3. The lowest BCUT2D eigenvalue weighted by Gasteiger charge is -2.27. The van der Waals surface area contributed by atoms with E-state index in [0.717, 1.165) is 77.2 Å². The number of carbonyl (C=O) groups excluding carboxylic acids is 2. The van der Waals surface area contributed by atoms with E-state index >= 15 is 0 Å². The topological polar surface area (TPSA) is 116 Å². The van der Waals surface area contributed by atoms with Crippen LogP contribution in [0.2, 0.25) is 0 Å². The van der Waals surface area contributed by atoms with Crippen molar-refractivity contribution in [2.45, 2.75) is 96.9 Å². The number of likely N-dealkylation sites (tertiary alicyclic amines) is 2. The average Bonchev–Trinajstić information content (AvgIpc) is 3.45. The van der Waals surface area contributed by atoms with Crippen LogP contribution in [0.15, 0.2) is 59.8 Å². The Morgan fingerprint density at radius 3 is 2.18 bits per heavy atom. The molecule has 10 heteroatoms. The number of fused-ring (bicyclic) bond motifs is 1. The van der Waals surface area contributed by atoms with Crippen LogP contribution in [0.3, 0.4) is 0 Å². The predicted octanol–water partition coefficient (Wildman–Crippen LogP) is 8.20. The molecule has 2 aromatic carbocycles. The Labute approximate surface area is 287 Å². The molecule has 7 rings (SSSR count). The first-order valence-electron chi connectivity index (χ1n) is 17.2. The molecule has 49 heavy (non-hydrogen) atoms. The number of amides is 2. The Bertz CT molecular complexity index is 1990. The highest BCUT2D eigenvalue weighted by Gasteiger charge is 2.40. The van der Waals surface area contributed by atoms with Crippen molar-refractivity contribution in [3.63, 3.8) is 0 Å². The van der Waals surface area contributed by atoms with Crippen LogP contribution in [0.1, 0.15) is 109 Å². The third-order valence-corrected chi connectivity index (χ3v) is 8.96. The van der Waals surface area contributed by atoms with Gasteiger partial charge < -0.3 is 19.4 Å². The van der Waals surface area contributed by atoms with Crippen molar-refractivity contribution < 1.29 is 19.1 Å². The molecule has 4 aromatic rings. The number of benzene rings is 2. The molecule has 3 fully saturated rings. The summed E-state index contributed by atoms with van der Waals surface area (Å²) in [4.78, 5) is 45.9. The number of hydrogen-bond acceptors (Lipinski definition) is 6. The molecule has 2 amide bonds. The molecular formula is C39H44N6O4. The standard InChI is InChI=1S/C39H44N6O4/c1-38(2,3)48-36(46)44-19-7-8-32(44)34-40-22-31(43-34)27-14-11-24(12-15-27)9-10-25-13-18-29-30(20-25)42-35(41-29)33-21-28(26-16-17-26)23-45(33)37(47)49-39(4,5)6/h11-15,18,20,22,32-33H,7-8,16-17,19,21,23H2,1-6H3,(H,40,43)(H,41,42)/t32-,33-/m0/s1. The lowest BCUT2D eigenvalue weighted by atomic mass is 10.1. The second kappa shape index (κ2) is 12.4. The van der Waals surface area contributed by atoms with Gasteiger partial charge in [-0.15, -0.1) is 0 Å². The lowest BCUT2D eigenvalue weighted by molar-refractivity contribution is 0.0210. The monoisotopic (exact) mass is 660 g/mol. The van der Waals surface area contributed by atoms with Crippen LogP contribution in [-0.4, -0.2) is 66.2 Å². The molecule has 2 aliphatic heterocycles. The molecule has 10 nitrogen and oxygen atoms in total. The van der Waals surface area contributed by atoms with Crippen LogP contribution in [0.5, 0.6) is 0 Å². The summed E-state index contributed by atoms with van der Waals surface area (Å²) in [7, 11) is 0. The lowest BCUT2D eigenvalue weighted by Crippen LogP contribution is -2.36. The van der Waals surface area contributed by atoms with Crippen molar-refractivity contribution in [2.24, 2.45) is 0 Å². The number of aromatic nitrogens is 4. The van der Waals surface area contributed by atoms with E-state index in [9.17, 15) is 9.59 Å². The fourth-order valence-electron chi connectivity index (χ4n) is 6.54. The van der Waals surface area contributed by atoms with E-state index in [0.29, 0.717) is 13.1 Å². The summed E-state index contributed by atoms with van der Waals surface area (Å²) in [6.07, 6.45) is 5.98. The van der Waals surface area contributed by atoms with Gasteiger partial charge >= 0.3 is 12.2 Å². The van der Waals surface area contributed by atoms with Crippen LogP contribution < -0.4 is 0 Å². The number of H-pyrrole nitrogens is 2. The summed E-state index contributed by atoms with van der Waals surface area (Å²) in [5.41, 5.74) is 7.05. The van der Waals surface area contributed by atoms with Gasteiger partial charge in [0.25, 0.3) is 0 Å². The molecule has 1 saturated carbocycles. The third-order valence-electron chi connectivity index (χ3n) is 8.96. The summed E-state index contributed by atoms with van der Waals surface area (Å²) in [5, 5.41) is 0. The number of ether oxygens (including phenoxy) is 2. The predicted molar refractivity (Wildman–Crippen MR) is 188 cm³/mol. The second-order valence-electron chi connectivity index (χ2n) is 15.2. The van der Waals surface area contributed by atoms with E-state index < -0.39 is 11.2 Å². The van der Waals surface area contributed by atoms with Gasteiger partial charge in [-0.05, 0) is 115 Å². The number of nitrogens with one attached hydrogen (secondary N) is 2. The van der Waals surface area contributed by atoms with Crippen LogP contribution in [0.4, 0.5) is 9.59 Å². The molecule has 4 heterocycles. The minimum atomic E-state index is -0.566. The molecule has 254 valence electrons. The van der Waals surface area contributed by atoms with Gasteiger partial charge in [-0.25, -0.2) is 19.6 Å². The Hall–Kier alpha value is -5.04. The number of nitrogens with zero attached hydrogens (tertiary/aromatic N) is 4. The molecule has 2 atom stereocenters. The van der Waals surface area contributed by atoms with E-state index in [4.69, 9.17) is 14.5 Å². The van der Waals surface area contributed by atoms with E-state index in [2.05, 4.69) is 26.8 Å². The van der Waals surface area contributed by atoms with Crippen molar-refractivity contribution >= 4 is 23.2 Å². The smallest absolute Gasteiger partial charge is 0.411 e. The fourth-order valence-corrected chi connectivity index (χ4v) is 6.54. The molecule has 3 aliphatic rings. The average molecular weight is 661 g/mol. The van der Waals surface area contributed by atoms with E-state index in [1.165, 1.54) is 11.1 Å². The number of hydrogen-bond donors (Lipinski definition) is 2. The highest BCUT2D eigenvalue weighted by atomic mass is 16.6. The third kappa shape index (κ3) is 7.36. The number of aromatic amines is 2. The first kappa shape index (κ1) is 32.5. The summed E-state index contributed by atoms with van der Waals surface area (Å²) in [5.74, 6) is 8.10. The van der Waals surface area contributed by atoms with Crippen LogP contribution >= 0.6 is 0 Å². The Morgan fingerprint density at radius 1 is 0.816 bits per heavy atom. The Balaban J connectivity index is 1.04. The summed E-state index contributed by atoms with van der Waals surface area (Å²) in [6.45, 7) is 12.6. The summed E-state index contributed by atoms with van der Waals surface area (Å²) in [6, 6.07) is 13.7. The number of allylic oxidation sites excluding steroid dienone is 1. The molecule has 0 radical (unpaired) electrons. The SMILES string of the molecule is CC(C)(C)OC(=O)N1CCC[C@H]1c1ncc(-c2ccc(C#Cc3ccc4nc([C@@H]5CC(=C6CC6)CN5C(=O)OC(C)(C)C)[nH]c4c3)cc2)[nH]1. The zero-order valence-electron chi connectivity index (χ0n) is 29.1. The minimum absolute atomic E-state index is 0.128. The Kier molecular flexibility index (Phi) is 8.26. The number of rotatable bonds is 3. The quantitative estimate of drug-likeness (QED) is 0.169. The summed E-state index contributed by atoms with van der Waals surface area (Å²) < 4.78 is 11.4. The van der Waals surface area contributed by atoms with Gasteiger partial charge in [-0.2, -0.15) is 0 Å². The number of imidazole rings is 2. The van der Waals surface area contributed by atoms with Crippen molar-refractivity contribution in [2.75, 3.05) is 13.1 Å². The minimum Gasteiger partial charge on any atom is -0.444 e.